The molecule has 1 spiro atoms. The Labute approximate surface area is 167 Å². The number of carbonyl (C=O) groups is 1. The van der Waals surface area contributed by atoms with Crippen LogP contribution in [0.5, 0.6) is 0 Å². The summed E-state index contributed by atoms with van der Waals surface area (Å²) in [5, 5.41) is 4.41. The smallest absolute Gasteiger partial charge is 0.244 e. The van der Waals surface area contributed by atoms with Gasteiger partial charge in [0.15, 0.2) is 0 Å². The molecule has 0 radical (unpaired) electrons. The molecule has 2 aliphatic rings. The number of amides is 1. The van der Waals surface area contributed by atoms with E-state index in [1.54, 1.807) is 4.68 Å². The molecule has 1 aromatic carbocycles. The molecule has 1 atom stereocenters. The van der Waals surface area contributed by atoms with Crippen molar-refractivity contribution in [2.24, 2.45) is 0 Å². The highest BCUT2D eigenvalue weighted by Crippen LogP contribution is 2.38. The average molecular weight is 383 g/mol. The Morgan fingerprint density at radius 2 is 1.96 bits per heavy atom. The number of likely N-dealkylation sites (N-methyl/N-ethyl adjacent to an activating group) is 1. The highest BCUT2D eigenvalue weighted by Gasteiger charge is 2.44. The Morgan fingerprint density at radius 1 is 1.25 bits per heavy atom. The van der Waals surface area contributed by atoms with Crippen molar-refractivity contribution in [1.29, 1.82) is 0 Å². The number of likely N-dealkylation sites (tertiary alicyclic amines) is 1. The third-order valence-corrected chi connectivity index (χ3v) is 6.32. The second-order valence-electron chi connectivity index (χ2n) is 8.26. The third-order valence-electron chi connectivity index (χ3n) is 6.32. The zero-order chi connectivity index (χ0) is 19.7. The number of carbonyl (C=O) groups excluding carboxylic acids is 1. The largest absolute Gasteiger partial charge is 0.373 e. The number of hydrogen-bond donors (Lipinski definition) is 0. The molecule has 2 aliphatic heterocycles. The van der Waals surface area contributed by atoms with Crippen LogP contribution in [-0.4, -0.2) is 59.0 Å². The van der Waals surface area contributed by atoms with Crippen LogP contribution in [0, 0.1) is 13.8 Å². The predicted molar refractivity (Wildman–Crippen MR) is 109 cm³/mol. The fourth-order valence-corrected chi connectivity index (χ4v) is 4.52. The maximum Gasteiger partial charge on any atom is 0.244 e. The van der Waals surface area contributed by atoms with E-state index in [1.807, 2.05) is 30.9 Å². The Kier molecular flexibility index (Phi) is 5.15. The summed E-state index contributed by atoms with van der Waals surface area (Å²) < 4.78 is 8.11. The molecule has 4 rings (SSSR count). The average Bonchev–Trinajstić information content (AvgIpc) is 3.25. The molecule has 0 N–H and O–H groups in total. The van der Waals surface area contributed by atoms with Gasteiger partial charge in [0.2, 0.25) is 5.91 Å². The van der Waals surface area contributed by atoms with Gasteiger partial charge in [0, 0.05) is 31.5 Å². The summed E-state index contributed by atoms with van der Waals surface area (Å²) in [4.78, 5) is 17.0. The molecule has 28 heavy (non-hydrogen) atoms. The fourth-order valence-electron chi connectivity index (χ4n) is 4.52. The first-order valence-corrected chi connectivity index (χ1v) is 10.2. The van der Waals surface area contributed by atoms with E-state index in [2.05, 4.69) is 41.3 Å². The van der Waals surface area contributed by atoms with Gasteiger partial charge in [0.1, 0.15) is 6.54 Å². The van der Waals surface area contributed by atoms with E-state index < -0.39 is 0 Å². The lowest BCUT2D eigenvalue weighted by molar-refractivity contribution is -0.136. The molecule has 2 saturated heterocycles. The van der Waals surface area contributed by atoms with E-state index in [-0.39, 0.29) is 11.5 Å². The number of nitrogens with zero attached hydrogens (tertiary/aromatic N) is 4. The molecule has 2 fully saturated rings. The number of para-hydroxylation sites is 1. The number of hydrogen-bond acceptors (Lipinski definition) is 4. The van der Waals surface area contributed by atoms with E-state index in [4.69, 9.17) is 4.74 Å². The number of ether oxygens (including phenoxy) is 1. The van der Waals surface area contributed by atoms with E-state index in [1.165, 1.54) is 5.69 Å². The van der Waals surface area contributed by atoms with Gasteiger partial charge >= 0.3 is 0 Å². The number of benzene rings is 1. The highest BCUT2D eigenvalue weighted by molar-refractivity contribution is 5.76. The molecule has 1 unspecified atom stereocenters. The maximum absolute atomic E-state index is 12.7. The summed E-state index contributed by atoms with van der Waals surface area (Å²) in [6.45, 7) is 6.56. The van der Waals surface area contributed by atoms with Gasteiger partial charge in [-0.1, -0.05) is 18.2 Å². The standard InChI is InChI=1S/C22H30N4O2/c1-17-13-18(2)26(23-17)15-21(27)25-11-9-22(10-12-25)14-20(16-28-22)24(3)19-7-5-4-6-8-19/h4-8,13,20H,9-12,14-16H2,1-3H3. The lowest BCUT2D eigenvalue weighted by Gasteiger charge is -2.39. The molecule has 1 amide bonds. The second-order valence-corrected chi connectivity index (χ2v) is 8.26. The molecule has 6 nitrogen and oxygen atoms in total. The van der Waals surface area contributed by atoms with Crippen LogP contribution in [0.4, 0.5) is 5.69 Å². The molecule has 0 bridgehead atoms. The topological polar surface area (TPSA) is 50.6 Å². The minimum absolute atomic E-state index is 0.0807. The Hall–Kier alpha value is -2.34. The van der Waals surface area contributed by atoms with Gasteiger partial charge in [-0.25, -0.2) is 0 Å². The molecule has 0 aliphatic carbocycles. The first-order chi connectivity index (χ1) is 13.5. The zero-order valence-electron chi connectivity index (χ0n) is 17.1. The summed E-state index contributed by atoms with van der Waals surface area (Å²) in [7, 11) is 2.15. The van der Waals surface area contributed by atoms with Crippen molar-refractivity contribution < 1.29 is 9.53 Å². The number of piperidine rings is 1. The zero-order valence-corrected chi connectivity index (χ0v) is 17.1. The van der Waals surface area contributed by atoms with Crippen LogP contribution < -0.4 is 4.90 Å². The first kappa shape index (κ1) is 19.0. The van der Waals surface area contributed by atoms with Gasteiger partial charge in [0.05, 0.1) is 23.9 Å². The lowest BCUT2D eigenvalue weighted by atomic mass is 9.87. The molecular weight excluding hydrogens is 352 g/mol. The Balaban J connectivity index is 1.32. The van der Waals surface area contributed by atoms with E-state index in [0.29, 0.717) is 12.6 Å². The summed E-state index contributed by atoms with van der Waals surface area (Å²) in [5.41, 5.74) is 3.13. The van der Waals surface area contributed by atoms with Crippen molar-refractivity contribution in [2.45, 2.75) is 51.3 Å². The monoisotopic (exact) mass is 382 g/mol. The van der Waals surface area contributed by atoms with Gasteiger partial charge < -0.3 is 14.5 Å². The van der Waals surface area contributed by atoms with E-state index in [9.17, 15) is 4.79 Å². The van der Waals surface area contributed by atoms with Gasteiger partial charge in [-0.05, 0) is 51.3 Å². The van der Waals surface area contributed by atoms with Crippen LogP contribution in [0.25, 0.3) is 0 Å². The number of rotatable bonds is 4. The van der Waals surface area contributed by atoms with Crippen LogP contribution in [0.15, 0.2) is 36.4 Å². The van der Waals surface area contributed by atoms with E-state index >= 15 is 0 Å². The van der Waals surface area contributed by atoms with Crippen LogP contribution in [0.2, 0.25) is 0 Å². The fraction of sp³-hybridized carbons (Fsp3) is 0.545. The predicted octanol–water partition coefficient (Wildman–Crippen LogP) is 2.79. The normalized spacial score (nSPS) is 21.2. The summed E-state index contributed by atoms with van der Waals surface area (Å²) in [6.07, 6.45) is 2.85. The minimum atomic E-state index is -0.0807. The summed E-state index contributed by atoms with van der Waals surface area (Å²) >= 11 is 0. The van der Waals surface area contributed by atoms with Crippen LogP contribution in [0.3, 0.4) is 0 Å². The Bertz CT molecular complexity index is 824. The van der Waals surface area contributed by atoms with Crippen molar-refractivity contribution in [1.82, 2.24) is 14.7 Å². The molecule has 2 aromatic rings. The number of aromatic nitrogens is 2. The minimum Gasteiger partial charge on any atom is -0.373 e. The lowest BCUT2D eigenvalue weighted by Crippen LogP contribution is -2.48. The van der Waals surface area contributed by atoms with E-state index in [0.717, 1.165) is 50.3 Å². The highest BCUT2D eigenvalue weighted by atomic mass is 16.5. The van der Waals surface area contributed by atoms with Crippen LogP contribution in [-0.2, 0) is 16.1 Å². The summed E-state index contributed by atoms with van der Waals surface area (Å²) in [5.74, 6) is 0.150. The molecule has 3 heterocycles. The maximum atomic E-state index is 12.7. The third kappa shape index (κ3) is 3.78. The van der Waals surface area contributed by atoms with Gasteiger partial charge in [-0.15, -0.1) is 0 Å². The van der Waals surface area contributed by atoms with Crippen molar-refractivity contribution in [3.63, 3.8) is 0 Å². The number of aryl methyl sites for hydroxylation is 2. The van der Waals surface area contributed by atoms with Crippen molar-refractivity contribution in [3.05, 3.63) is 47.8 Å². The first-order valence-electron chi connectivity index (χ1n) is 10.2. The summed E-state index contributed by atoms with van der Waals surface area (Å²) in [6, 6.07) is 12.9. The molecular formula is C22H30N4O2. The van der Waals surface area contributed by atoms with Gasteiger partial charge in [-0.2, -0.15) is 5.10 Å². The molecule has 150 valence electrons. The Morgan fingerprint density at radius 3 is 2.61 bits per heavy atom. The SMILES string of the molecule is Cc1cc(C)n(CC(=O)N2CCC3(CC2)CC(N(C)c2ccccc2)CO3)n1. The quantitative estimate of drug-likeness (QED) is 0.816. The number of anilines is 1. The molecule has 1 aromatic heterocycles. The van der Waals surface area contributed by atoms with Crippen molar-refractivity contribution in [2.75, 3.05) is 31.6 Å². The molecule has 0 saturated carbocycles. The molecule has 6 heteroatoms. The van der Waals surface area contributed by atoms with Crippen molar-refractivity contribution in [3.8, 4) is 0 Å². The van der Waals surface area contributed by atoms with Gasteiger partial charge in [0.25, 0.3) is 0 Å². The second kappa shape index (κ2) is 7.59. The van der Waals surface area contributed by atoms with Crippen molar-refractivity contribution >= 4 is 11.6 Å². The van der Waals surface area contributed by atoms with Gasteiger partial charge in [-0.3, -0.25) is 9.48 Å². The van der Waals surface area contributed by atoms with Crippen LogP contribution >= 0.6 is 0 Å². The van der Waals surface area contributed by atoms with Crippen LogP contribution in [0.1, 0.15) is 30.7 Å².